The van der Waals surface area contributed by atoms with Crippen LogP contribution in [0.15, 0.2) is 18.3 Å². The van der Waals surface area contributed by atoms with Gasteiger partial charge in [-0.3, -0.25) is 9.78 Å². The zero-order chi connectivity index (χ0) is 15.4. The second-order valence-corrected chi connectivity index (χ2v) is 6.21. The monoisotopic (exact) mass is 303 g/mol. The van der Waals surface area contributed by atoms with E-state index in [1.54, 1.807) is 0 Å². The van der Waals surface area contributed by atoms with Gasteiger partial charge < -0.3 is 14.5 Å². The zero-order valence-electron chi connectivity index (χ0n) is 13.3. The lowest BCUT2D eigenvalue weighted by Gasteiger charge is -2.28. The molecule has 0 N–H and O–H groups in total. The second-order valence-electron chi connectivity index (χ2n) is 6.21. The van der Waals surface area contributed by atoms with E-state index in [1.165, 1.54) is 5.69 Å². The van der Waals surface area contributed by atoms with Gasteiger partial charge in [-0.05, 0) is 38.3 Å². The Balaban J connectivity index is 1.60. The summed E-state index contributed by atoms with van der Waals surface area (Å²) in [5.41, 5.74) is 2.25. The molecule has 0 aliphatic carbocycles. The van der Waals surface area contributed by atoms with Gasteiger partial charge in [0.1, 0.15) is 0 Å². The van der Waals surface area contributed by atoms with Crippen molar-refractivity contribution in [3.8, 4) is 0 Å². The smallest absolute Gasteiger partial charge is 0.225 e. The Morgan fingerprint density at radius 1 is 1.23 bits per heavy atom. The minimum Gasteiger partial charge on any atom is -0.381 e. The maximum Gasteiger partial charge on any atom is 0.225 e. The number of carbonyl (C=O) groups excluding carboxylic acids is 1. The fraction of sp³-hybridized carbons (Fsp3) is 0.647. The molecule has 2 aliphatic heterocycles. The largest absolute Gasteiger partial charge is 0.381 e. The van der Waals surface area contributed by atoms with E-state index in [-0.39, 0.29) is 5.92 Å². The van der Waals surface area contributed by atoms with Crippen LogP contribution in [0.5, 0.6) is 0 Å². The third-order valence-corrected chi connectivity index (χ3v) is 4.62. The predicted octanol–water partition coefficient (Wildman–Crippen LogP) is 1.86. The van der Waals surface area contributed by atoms with Crippen LogP contribution in [0.3, 0.4) is 0 Å². The van der Waals surface area contributed by atoms with Crippen molar-refractivity contribution >= 4 is 11.6 Å². The van der Waals surface area contributed by atoms with E-state index in [9.17, 15) is 4.79 Å². The molecule has 2 saturated heterocycles. The van der Waals surface area contributed by atoms with Crippen LogP contribution in [0, 0.1) is 12.8 Å². The molecular weight excluding hydrogens is 278 g/mol. The van der Waals surface area contributed by atoms with Gasteiger partial charge in [-0.1, -0.05) is 0 Å². The highest BCUT2D eigenvalue weighted by atomic mass is 16.5. The highest BCUT2D eigenvalue weighted by Gasteiger charge is 2.27. The first-order chi connectivity index (χ1) is 10.7. The minimum atomic E-state index is 0.170. The lowest BCUT2D eigenvalue weighted by atomic mass is 9.98. The van der Waals surface area contributed by atoms with Crippen molar-refractivity contribution in [1.82, 2.24) is 9.88 Å². The van der Waals surface area contributed by atoms with Gasteiger partial charge >= 0.3 is 0 Å². The summed E-state index contributed by atoms with van der Waals surface area (Å²) < 4.78 is 5.36. The average Bonchev–Trinajstić information content (AvgIpc) is 2.81. The van der Waals surface area contributed by atoms with Gasteiger partial charge in [-0.25, -0.2) is 0 Å². The summed E-state index contributed by atoms with van der Waals surface area (Å²) in [7, 11) is 0. The Bertz CT molecular complexity index is 514. The van der Waals surface area contributed by atoms with Crippen LogP contribution in [0.25, 0.3) is 0 Å². The van der Waals surface area contributed by atoms with Crippen molar-refractivity contribution in [2.24, 2.45) is 5.92 Å². The maximum atomic E-state index is 12.6. The summed E-state index contributed by atoms with van der Waals surface area (Å²) in [6.07, 6.45) is 4.64. The number of hydrogen-bond donors (Lipinski definition) is 0. The third-order valence-electron chi connectivity index (χ3n) is 4.62. The van der Waals surface area contributed by atoms with Gasteiger partial charge in [0, 0.05) is 62.9 Å². The highest BCUT2D eigenvalue weighted by molar-refractivity contribution is 5.79. The van der Waals surface area contributed by atoms with Crippen molar-refractivity contribution in [2.45, 2.75) is 26.2 Å². The fourth-order valence-corrected chi connectivity index (χ4v) is 3.33. The molecule has 2 fully saturated rings. The van der Waals surface area contributed by atoms with Crippen LogP contribution in [0.1, 0.15) is 25.0 Å². The Hall–Kier alpha value is -1.62. The zero-order valence-corrected chi connectivity index (χ0v) is 13.3. The number of carbonyl (C=O) groups is 1. The molecule has 5 nitrogen and oxygen atoms in total. The number of amides is 1. The molecule has 0 bridgehead atoms. The van der Waals surface area contributed by atoms with Gasteiger partial charge in [0.2, 0.25) is 5.91 Å². The predicted molar refractivity (Wildman–Crippen MR) is 85.9 cm³/mol. The first-order valence-electron chi connectivity index (χ1n) is 8.28. The highest BCUT2D eigenvalue weighted by Crippen LogP contribution is 2.21. The van der Waals surface area contributed by atoms with E-state index in [0.717, 1.165) is 64.3 Å². The molecular formula is C17H25N3O2. The lowest BCUT2D eigenvalue weighted by Crippen LogP contribution is -2.40. The SMILES string of the molecule is Cc1cc(N2CCCN(C(=O)C3CCOCC3)CC2)ccn1. The molecule has 22 heavy (non-hydrogen) atoms. The first kappa shape index (κ1) is 15.3. The van der Waals surface area contributed by atoms with Crippen molar-refractivity contribution in [2.75, 3.05) is 44.3 Å². The molecule has 3 heterocycles. The van der Waals surface area contributed by atoms with Gasteiger partial charge in [-0.2, -0.15) is 0 Å². The Morgan fingerprint density at radius 3 is 2.82 bits per heavy atom. The Morgan fingerprint density at radius 2 is 2.05 bits per heavy atom. The van der Waals surface area contributed by atoms with Crippen molar-refractivity contribution in [1.29, 1.82) is 0 Å². The van der Waals surface area contributed by atoms with Crippen molar-refractivity contribution in [3.05, 3.63) is 24.0 Å². The van der Waals surface area contributed by atoms with Crippen molar-refractivity contribution < 1.29 is 9.53 Å². The number of nitrogens with zero attached hydrogens (tertiary/aromatic N) is 3. The van der Waals surface area contributed by atoms with E-state index in [0.29, 0.717) is 5.91 Å². The van der Waals surface area contributed by atoms with Crippen LogP contribution >= 0.6 is 0 Å². The summed E-state index contributed by atoms with van der Waals surface area (Å²) in [5.74, 6) is 0.500. The molecule has 0 saturated carbocycles. The molecule has 3 rings (SSSR count). The van der Waals surface area contributed by atoms with Crippen LogP contribution in [-0.4, -0.2) is 55.2 Å². The molecule has 1 aromatic heterocycles. The number of ether oxygens (including phenoxy) is 1. The second kappa shape index (κ2) is 7.09. The molecule has 1 amide bonds. The van der Waals surface area contributed by atoms with E-state index >= 15 is 0 Å². The molecule has 120 valence electrons. The number of rotatable bonds is 2. The molecule has 0 aromatic carbocycles. The number of hydrogen-bond acceptors (Lipinski definition) is 4. The summed E-state index contributed by atoms with van der Waals surface area (Å²) >= 11 is 0. The first-order valence-corrected chi connectivity index (χ1v) is 8.28. The summed E-state index contributed by atoms with van der Waals surface area (Å²) in [6, 6.07) is 4.18. The summed E-state index contributed by atoms with van der Waals surface area (Å²) in [4.78, 5) is 21.3. The molecule has 0 radical (unpaired) electrons. The van der Waals surface area contributed by atoms with E-state index in [1.807, 2.05) is 13.1 Å². The van der Waals surface area contributed by atoms with Gasteiger partial charge in [0.25, 0.3) is 0 Å². The molecule has 0 spiro atoms. The van der Waals surface area contributed by atoms with E-state index in [4.69, 9.17) is 4.74 Å². The normalized spacial score (nSPS) is 20.8. The minimum absolute atomic E-state index is 0.170. The maximum absolute atomic E-state index is 12.6. The van der Waals surface area contributed by atoms with Gasteiger partial charge in [0.05, 0.1) is 0 Å². The van der Waals surface area contributed by atoms with Crippen LogP contribution in [0.2, 0.25) is 0 Å². The average molecular weight is 303 g/mol. The van der Waals surface area contributed by atoms with Gasteiger partial charge in [0.15, 0.2) is 0 Å². The number of anilines is 1. The quantitative estimate of drug-likeness (QED) is 0.836. The lowest BCUT2D eigenvalue weighted by molar-refractivity contribution is -0.138. The summed E-state index contributed by atoms with van der Waals surface area (Å²) in [6.45, 7) is 7.06. The number of pyridine rings is 1. The molecule has 0 atom stereocenters. The van der Waals surface area contributed by atoms with Gasteiger partial charge in [-0.15, -0.1) is 0 Å². The number of aromatic nitrogens is 1. The standard InChI is InChI=1S/C17H25N3O2/c1-14-13-16(3-6-18-14)19-7-2-8-20(10-9-19)17(21)15-4-11-22-12-5-15/h3,6,13,15H,2,4-5,7-12H2,1H3. The number of aryl methyl sites for hydroxylation is 1. The fourth-order valence-electron chi connectivity index (χ4n) is 3.33. The van der Waals surface area contributed by atoms with E-state index in [2.05, 4.69) is 26.9 Å². The third kappa shape index (κ3) is 3.58. The molecule has 1 aromatic rings. The molecule has 5 heteroatoms. The molecule has 2 aliphatic rings. The Kier molecular flexibility index (Phi) is 4.93. The van der Waals surface area contributed by atoms with E-state index < -0.39 is 0 Å². The van der Waals surface area contributed by atoms with Crippen LogP contribution in [-0.2, 0) is 9.53 Å². The molecule has 0 unspecified atom stereocenters. The van der Waals surface area contributed by atoms with Crippen LogP contribution < -0.4 is 4.90 Å². The Labute approximate surface area is 132 Å². The summed E-state index contributed by atoms with van der Waals surface area (Å²) in [5, 5.41) is 0. The van der Waals surface area contributed by atoms with Crippen molar-refractivity contribution in [3.63, 3.8) is 0 Å². The topological polar surface area (TPSA) is 45.7 Å². The van der Waals surface area contributed by atoms with Crippen LogP contribution in [0.4, 0.5) is 5.69 Å².